The van der Waals surface area contributed by atoms with Crippen molar-refractivity contribution in [3.63, 3.8) is 0 Å². The molecule has 19 heavy (non-hydrogen) atoms. The van der Waals surface area contributed by atoms with Gasteiger partial charge in [-0.05, 0) is 43.5 Å². The van der Waals surface area contributed by atoms with Gasteiger partial charge < -0.3 is 10.1 Å². The fourth-order valence-electron chi connectivity index (χ4n) is 2.56. The smallest absolute Gasteiger partial charge is 0.0716 e. The van der Waals surface area contributed by atoms with Crippen LogP contribution in [0.2, 0.25) is 5.02 Å². The summed E-state index contributed by atoms with van der Waals surface area (Å²) in [6, 6.07) is 8.60. The maximum absolute atomic E-state index is 5.84. The highest BCUT2D eigenvalue weighted by atomic mass is 35.5. The molecule has 0 heterocycles. The van der Waals surface area contributed by atoms with E-state index in [4.69, 9.17) is 16.3 Å². The second-order valence-electron chi connectivity index (χ2n) is 5.32. The molecule has 2 nitrogen and oxygen atoms in total. The molecule has 2 rings (SSSR count). The first-order valence-electron chi connectivity index (χ1n) is 7.40. The summed E-state index contributed by atoms with van der Waals surface area (Å²) in [5.74, 6) is 0. The van der Waals surface area contributed by atoms with Gasteiger partial charge in [-0.3, -0.25) is 0 Å². The molecule has 1 fully saturated rings. The largest absolute Gasteiger partial charge is 0.377 e. The number of hydrogen-bond donors (Lipinski definition) is 1. The van der Waals surface area contributed by atoms with Gasteiger partial charge in [0.2, 0.25) is 0 Å². The van der Waals surface area contributed by atoms with E-state index in [1.54, 1.807) is 0 Å². The monoisotopic (exact) mass is 281 g/mol. The average Bonchev–Trinajstić information content (AvgIpc) is 2.46. The molecule has 0 aromatic heterocycles. The van der Waals surface area contributed by atoms with Crippen molar-refractivity contribution in [2.24, 2.45) is 0 Å². The molecule has 1 aromatic rings. The van der Waals surface area contributed by atoms with Crippen LogP contribution >= 0.6 is 11.6 Å². The average molecular weight is 282 g/mol. The molecular weight excluding hydrogens is 258 g/mol. The predicted octanol–water partition coefficient (Wildman–Crippen LogP) is 4.17. The minimum absolute atomic E-state index is 0.681. The Balaban J connectivity index is 1.49. The quantitative estimate of drug-likeness (QED) is 0.758. The summed E-state index contributed by atoms with van der Waals surface area (Å²) < 4.78 is 5.67. The van der Waals surface area contributed by atoms with Crippen LogP contribution in [0.25, 0.3) is 0 Å². The van der Waals surface area contributed by atoms with Crippen molar-refractivity contribution in [2.75, 3.05) is 13.2 Å². The lowest BCUT2D eigenvalue weighted by Crippen LogP contribution is -2.32. The van der Waals surface area contributed by atoms with Crippen LogP contribution in [0.15, 0.2) is 24.3 Å². The maximum Gasteiger partial charge on any atom is 0.0716 e. The third-order valence-corrected chi connectivity index (χ3v) is 3.94. The van der Waals surface area contributed by atoms with Crippen LogP contribution in [0, 0.1) is 0 Å². The first-order chi connectivity index (χ1) is 9.34. The Morgan fingerprint density at radius 3 is 2.58 bits per heavy atom. The predicted molar refractivity (Wildman–Crippen MR) is 80.6 cm³/mol. The molecule has 0 aliphatic heterocycles. The van der Waals surface area contributed by atoms with Gasteiger partial charge in [-0.15, -0.1) is 0 Å². The molecule has 1 N–H and O–H groups in total. The Hall–Kier alpha value is -0.570. The van der Waals surface area contributed by atoms with Gasteiger partial charge in [0.05, 0.1) is 6.61 Å². The highest BCUT2D eigenvalue weighted by molar-refractivity contribution is 6.30. The highest BCUT2D eigenvalue weighted by Crippen LogP contribution is 2.17. The zero-order chi connectivity index (χ0) is 13.3. The topological polar surface area (TPSA) is 21.3 Å². The van der Waals surface area contributed by atoms with E-state index in [0.717, 1.165) is 30.6 Å². The lowest BCUT2D eigenvalue weighted by molar-refractivity contribution is 0.117. The standard InChI is InChI=1S/C16H24ClNO/c17-15-9-7-14(8-10-15)13-19-12-4-11-18-16-5-2-1-3-6-16/h7-10,16,18H,1-6,11-13H2. The minimum Gasteiger partial charge on any atom is -0.377 e. The molecule has 1 saturated carbocycles. The van der Waals surface area contributed by atoms with E-state index in [2.05, 4.69) is 5.32 Å². The first kappa shape index (κ1) is 14.8. The fraction of sp³-hybridized carbons (Fsp3) is 0.625. The normalized spacial score (nSPS) is 16.7. The van der Waals surface area contributed by atoms with E-state index in [0.29, 0.717) is 6.61 Å². The molecule has 0 unspecified atom stereocenters. The number of nitrogens with one attached hydrogen (secondary N) is 1. The van der Waals surface area contributed by atoms with Crippen molar-refractivity contribution in [3.05, 3.63) is 34.9 Å². The molecule has 0 amide bonds. The van der Waals surface area contributed by atoms with Gasteiger partial charge in [-0.1, -0.05) is 43.0 Å². The third kappa shape index (κ3) is 5.94. The van der Waals surface area contributed by atoms with Crippen LogP contribution in [0.5, 0.6) is 0 Å². The summed E-state index contributed by atoms with van der Waals surface area (Å²) in [7, 11) is 0. The molecule has 0 spiro atoms. The van der Waals surface area contributed by atoms with Crippen LogP contribution in [-0.4, -0.2) is 19.2 Å². The Morgan fingerprint density at radius 2 is 1.84 bits per heavy atom. The van der Waals surface area contributed by atoms with Gasteiger partial charge in [-0.2, -0.15) is 0 Å². The Labute approximate surface area is 121 Å². The van der Waals surface area contributed by atoms with Gasteiger partial charge in [0.15, 0.2) is 0 Å². The molecule has 0 radical (unpaired) electrons. The fourth-order valence-corrected chi connectivity index (χ4v) is 2.68. The van der Waals surface area contributed by atoms with Gasteiger partial charge in [0.25, 0.3) is 0 Å². The van der Waals surface area contributed by atoms with Crippen molar-refractivity contribution in [1.82, 2.24) is 5.32 Å². The maximum atomic E-state index is 5.84. The molecular formula is C16H24ClNO. The number of ether oxygens (including phenoxy) is 1. The second-order valence-corrected chi connectivity index (χ2v) is 5.76. The third-order valence-electron chi connectivity index (χ3n) is 3.69. The lowest BCUT2D eigenvalue weighted by atomic mass is 9.95. The van der Waals surface area contributed by atoms with E-state index in [9.17, 15) is 0 Å². The van der Waals surface area contributed by atoms with Crippen LogP contribution in [0.1, 0.15) is 44.1 Å². The van der Waals surface area contributed by atoms with Crippen LogP contribution in [-0.2, 0) is 11.3 Å². The van der Waals surface area contributed by atoms with Crippen molar-refractivity contribution in [1.29, 1.82) is 0 Å². The van der Waals surface area contributed by atoms with E-state index in [1.807, 2.05) is 24.3 Å². The van der Waals surface area contributed by atoms with Crippen molar-refractivity contribution in [2.45, 2.75) is 51.2 Å². The van der Waals surface area contributed by atoms with Crippen molar-refractivity contribution < 1.29 is 4.74 Å². The molecule has 0 saturated heterocycles. The van der Waals surface area contributed by atoms with E-state index >= 15 is 0 Å². The SMILES string of the molecule is Clc1ccc(COCCCNC2CCCCC2)cc1. The zero-order valence-corrected chi connectivity index (χ0v) is 12.3. The van der Waals surface area contributed by atoms with Crippen LogP contribution in [0.4, 0.5) is 0 Å². The summed E-state index contributed by atoms with van der Waals surface area (Å²) in [6.07, 6.45) is 8.00. The molecule has 0 atom stereocenters. The summed E-state index contributed by atoms with van der Waals surface area (Å²) in [4.78, 5) is 0. The summed E-state index contributed by atoms with van der Waals surface area (Å²) in [6.45, 7) is 2.58. The number of hydrogen-bond acceptors (Lipinski definition) is 2. The summed E-state index contributed by atoms with van der Waals surface area (Å²) in [5, 5.41) is 4.41. The second kappa shape index (κ2) is 8.57. The Bertz CT molecular complexity index is 346. The molecule has 0 bridgehead atoms. The molecule has 1 aliphatic rings. The van der Waals surface area contributed by atoms with Gasteiger partial charge >= 0.3 is 0 Å². The first-order valence-corrected chi connectivity index (χ1v) is 7.78. The van der Waals surface area contributed by atoms with Crippen molar-refractivity contribution in [3.8, 4) is 0 Å². The van der Waals surface area contributed by atoms with Gasteiger partial charge in [-0.25, -0.2) is 0 Å². The van der Waals surface area contributed by atoms with E-state index < -0.39 is 0 Å². The zero-order valence-electron chi connectivity index (χ0n) is 11.5. The van der Waals surface area contributed by atoms with Crippen molar-refractivity contribution >= 4 is 11.6 Å². The summed E-state index contributed by atoms with van der Waals surface area (Å²) in [5.41, 5.74) is 1.18. The molecule has 1 aromatic carbocycles. The van der Waals surface area contributed by atoms with Crippen LogP contribution < -0.4 is 5.32 Å². The molecule has 1 aliphatic carbocycles. The number of halogens is 1. The van der Waals surface area contributed by atoms with Gasteiger partial charge in [0.1, 0.15) is 0 Å². The molecule has 3 heteroatoms. The Kier molecular flexibility index (Phi) is 6.69. The minimum atomic E-state index is 0.681. The summed E-state index contributed by atoms with van der Waals surface area (Å²) >= 11 is 5.84. The molecule has 106 valence electrons. The van der Waals surface area contributed by atoms with E-state index in [-0.39, 0.29) is 0 Å². The van der Waals surface area contributed by atoms with Gasteiger partial charge in [0, 0.05) is 17.7 Å². The number of rotatable bonds is 7. The number of benzene rings is 1. The lowest BCUT2D eigenvalue weighted by Gasteiger charge is -2.22. The van der Waals surface area contributed by atoms with E-state index in [1.165, 1.54) is 37.7 Å². The highest BCUT2D eigenvalue weighted by Gasteiger charge is 2.11. The van der Waals surface area contributed by atoms with Crippen LogP contribution in [0.3, 0.4) is 0 Å². The Morgan fingerprint density at radius 1 is 1.11 bits per heavy atom.